The van der Waals surface area contributed by atoms with Gasteiger partial charge in [-0.1, -0.05) is 45.4 Å². The standard InChI is InChI=1S/C20H37NO2/c1-4-20(2,3)19(22)23-16-15-21(17-11-7-5-8-12-17)18-13-9-6-10-14-18/h17-18H,4-16H2,1-3H3. The van der Waals surface area contributed by atoms with Crippen LogP contribution in [0.3, 0.4) is 0 Å². The highest BCUT2D eigenvalue weighted by molar-refractivity contribution is 5.75. The monoisotopic (exact) mass is 323 g/mol. The van der Waals surface area contributed by atoms with E-state index in [-0.39, 0.29) is 11.4 Å². The molecule has 2 aliphatic carbocycles. The van der Waals surface area contributed by atoms with Crippen molar-refractivity contribution in [1.29, 1.82) is 0 Å². The van der Waals surface area contributed by atoms with Crippen molar-refractivity contribution in [3.63, 3.8) is 0 Å². The van der Waals surface area contributed by atoms with Gasteiger partial charge in [-0.2, -0.15) is 0 Å². The Morgan fingerprint density at radius 1 is 0.957 bits per heavy atom. The fourth-order valence-corrected chi connectivity index (χ4v) is 4.07. The van der Waals surface area contributed by atoms with Crippen molar-refractivity contribution in [3.8, 4) is 0 Å². The van der Waals surface area contributed by atoms with Crippen LogP contribution in [0.2, 0.25) is 0 Å². The predicted molar refractivity (Wildman–Crippen MR) is 95.5 cm³/mol. The molecule has 0 bridgehead atoms. The molecule has 0 spiro atoms. The Labute approximate surface area is 143 Å². The van der Waals surface area contributed by atoms with E-state index in [1.54, 1.807) is 0 Å². The van der Waals surface area contributed by atoms with Gasteiger partial charge in [0.15, 0.2) is 0 Å². The third-order valence-corrected chi connectivity index (χ3v) is 6.11. The van der Waals surface area contributed by atoms with Gasteiger partial charge in [0.25, 0.3) is 0 Å². The van der Waals surface area contributed by atoms with E-state index in [4.69, 9.17) is 4.74 Å². The zero-order chi connectivity index (χ0) is 16.7. The highest BCUT2D eigenvalue weighted by Crippen LogP contribution is 2.30. The third-order valence-electron chi connectivity index (χ3n) is 6.11. The Kier molecular flexibility index (Phi) is 7.39. The van der Waals surface area contributed by atoms with E-state index in [1.165, 1.54) is 64.2 Å². The summed E-state index contributed by atoms with van der Waals surface area (Å²) in [5, 5.41) is 0. The molecule has 0 heterocycles. The summed E-state index contributed by atoms with van der Waals surface area (Å²) < 4.78 is 5.63. The van der Waals surface area contributed by atoms with Gasteiger partial charge in [0, 0.05) is 18.6 Å². The number of carbonyl (C=O) groups excluding carboxylic acids is 1. The second-order valence-corrected chi connectivity index (χ2v) is 8.19. The Morgan fingerprint density at radius 2 is 1.43 bits per heavy atom. The first-order valence-electron chi connectivity index (χ1n) is 9.97. The number of hydrogen-bond acceptors (Lipinski definition) is 3. The van der Waals surface area contributed by atoms with Crippen LogP contribution in [0.4, 0.5) is 0 Å². The van der Waals surface area contributed by atoms with Gasteiger partial charge in [-0.05, 0) is 46.0 Å². The minimum absolute atomic E-state index is 0.0350. The molecule has 3 nitrogen and oxygen atoms in total. The van der Waals surface area contributed by atoms with Crippen molar-refractivity contribution in [2.75, 3.05) is 13.2 Å². The van der Waals surface area contributed by atoms with Crippen molar-refractivity contribution >= 4 is 5.97 Å². The van der Waals surface area contributed by atoms with Gasteiger partial charge in [-0.15, -0.1) is 0 Å². The molecular formula is C20H37NO2. The highest BCUT2D eigenvalue weighted by Gasteiger charge is 2.30. The quantitative estimate of drug-likeness (QED) is 0.622. The summed E-state index contributed by atoms with van der Waals surface area (Å²) in [6.45, 7) is 7.51. The van der Waals surface area contributed by atoms with E-state index >= 15 is 0 Å². The van der Waals surface area contributed by atoms with E-state index in [1.807, 2.05) is 13.8 Å². The van der Waals surface area contributed by atoms with E-state index < -0.39 is 0 Å². The highest BCUT2D eigenvalue weighted by atomic mass is 16.5. The summed E-state index contributed by atoms with van der Waals surface area (Å²) in [6, 6.07) is 1.45. The molecule has 0 radical (unpaired) electrons. The van der Waals surface area contributed by atoms with E-state index in [9.17, 15) is 4.79 Å². The molecule has 0 aromatic heterocycles. The maximum absolute atomic E-state index is 12.2. The molecule has 2 rings (SSSR count). The molecule has 3 heteroatoms. The molecule has 0 aromatic carbocycles. The van der Waals surface area contributed by atoms with Gasteiger partial charge >= 0.3 is 5.97 Å². The van der Waals surface area contributed by atoms with Crippen molar-refractivity contribution < 1.29 is 9.53 Å². The van der Waals surface area contributed by atoms with Crippen LogP contribution in [-0.2, 0) is 9.53 Å². The second-order valence-electron chi connectivity index (χ2n) is 8.19. The lowest BCUT2D eigenvalue weighted by Gasteiger charge is -2.41. The molecule has 0 aromatic rings. The Morgan fingerprint density at radius 3 is 1.87 bits per heavy atom. The first kappa shape index (κ1) is 18.8. The van der Waals surface area contributed by atoms with Gasteiger partial charge in [0.2, 0.25) is 0 Å². The van der Waals surface area contributed by atoms with Crippen LogP contribution in [0.1, 0.15) is 91.4 Å². The first-order valence-corrected chi connectivity index (χ1v) is 9.97. The summed E-state index contributed by atoms with van der Waals surface area (Å²) in [7, 11) is 0. The summed E-state index contributed by atoms with van der Waals surface area (Å²) in [5.41, 5.74) is -0.347. The minimum atomic E-state index is -0.347. The van der Waals surface area contributed by atoms with Crippen molar-refractivity contribution in [3.05, 3.63) is 0 Å². The number of hydrogen-bond donors (Lipinski definition) is 0. The zero-order valence-corrected chi connectivity index (χ0v) is 15.6. The summed E-state index contributed by atoms with van der Waals surface area (Å²) in [6.07, 6.45) is 14.5. The number of nitrogens with zero attached hydrogens (tertiary/aromatic N) is 1. The van der Waals surface area contributed by atoms with Crippen molar-refractivity contribution in [2.45, 2.75) is 103 Å². The molecule has 2 fully saturated rings. The van der Waals surface area contributed by atoms with Crippen LogP contribution >= 0.6 is 0 Å². The molecule has 0 N–H and O–H groups in total. The average Bonchev–Trinajstić information content (AvgIpc) is 2.60. The van der Waals surface area contributed by atoms with Gasteiger partial charge in [-0.3, -0.25) is 9.69 Å². The van der Waals surface area contributed by atoms with Crippen LogP contribution in [0.25, 0.3) is 0 Å². The van der Waals surface area contributed by atoms with Crippen LogP contribution in [0.5, 0.6) is 0 Å². The zero-order valence-electron chi connectivity index (χ0n) is 15.6. The molecule has 0 unspecified atom stereocenters. The molecule has 2 aliphatic rings. The molecule has 0 amide bonds. The van der Waals surface area contributed by atoms with Crippen molar-refractivity contribution in [1.82, 2.24) is 4.90 Å². The molecule has 0 saturated heterocycles. The van der Waals surface area contributed by atoms with Gasteiger partial charge in [-0.25, -0.2) is 0 Å². The number of esters is 1. The van der Waals surface area contributed by atoms with Crippen LogP contribution < -0.4 is 0 Å². The maximum atomic E-state index is 12.2. The third kappa shape index (κ3) is 5.48. The number of rotatable bonds is 7. The lowest BCUT2D eigenvalue weighted by Crippen LogP contribution is -2.47. The maximum Gasteiger partial charge on any atom is 0.311 e. The fraction of sp³-hybridized carbons (Fsp3) is 0.950. The average molecular weight is 324 g/mol. The molecule has 0 aliphatic heterocycles. The van der Waals surface area contributed by atoms with Crippen LogP contribution in [0.15, 0.2) is 0 Å². The number of ether oxygens (including phenoxy) is 1. The van der Waals surface area contributed by atoms with E-state index in [0.29, 0.717) is 6.61 Å². The minimum Gasteiger partial charge on any atom is -0.464 e. The van der Waals surface area contributed by atoms with Crippen LogP contribution in [-0.4, -0.2) is 36.1 Å². The van der Waals surface area contributed by atoms with Gasteiger partial charge in [0.05, 0.1) is 5.41 Å². The van der Waals surface area contributed by atoms with E-state index in [0.717, 1.165) is 25.0 Å². The van der Waals surface area contributed by atoms with Crippen LogP contribution in [0, 0.1) is 5.41 Å². The second kappa shape index (κ2) is 9.05. The molecule has 2 saturated carbocycles. The van der Waals surface area contributed by atoms with Gasteiger partial charge in [0.1, 0.15) is 6.61 Å². The molecular weight excluding hydrogens is 286 g/mol. The molecule has 23 heavy (non-hydrogen) atoms. The predicted octanol–water partition coefficient (Wildman–Crippen LogP) is 4.93. The summed E-state index contributed by atoms with van der Waals surface area (Å²) in [5.74, 6) is -0.0350. The van der Waals surface area contributed by atoms with Gasteiger partial charge < -0.3 is 4.74 Å². The smallest absolute Gasteiger partial charge is 0.311 e. The lowest BCUT2D eigenvalue weighted by molar-refractivity contribution is -0.155. The molecule has 0 atom stereocenters. The SMILES string of the molecule is CCC(C)(C)C(=O)OCCN(C1CCCCC1)C1CCCCC1. The lowest BCUT2D eigenvalue weighted by atomic mass is 9.88. The largest absolute Gasteiger partial charge is 0.464 e. The topological polar surface area (TPSA) is 29.5 Å². The number of carbonyl (C=O) groups is 1. The molecule has 134 valence electrons. The Balaban J connectivity index is 1.87. The van der Waals surface area contributed by atoms with Crippen molar-refractivity contribution in [2.24, 2.45) is 5.41 Å². The normalized spacial score (nSPS) is 21.6. The van der Waals surface area contributed by atoms with E-state index in [2.05, 4.69) is 11.8 Å². The fourth-order valence-electron chi connectivity index (χ4n) is 4.07. The summed E-state index contributed by atoms with van der Waals surface area (Å²) >= 11 is 0. The summed E-state index contributed by atoms with van der Waals surface area (Å²) in [4.78, 5) is 14.9. The Hall–Kier alpha value is -0.570. The Bertz CT molecular complexity index is 337. The first-order chi connectivity index (χ1) is 11.0.